The monoisotopic (exact) mass is 294 g/mol. The van der Waals surface area contributed by atoms with Crippen LogP contribution in [0, 0.1) is 11.8 Å². The van der Waals surface area contributed by atoms with Crippen molar-refractivity contribution in [2.75, 3.05) is 6.61 Å². The van der Waals surface area contributed by atoms with Crippen LogP contribution in [-0.4, -0.2) is 17.7 Å². The van der Waals surface area contributed by atoms with Crippen LogP contribution in [0.4, 0.5) is 0 Å². The lowest BCUT2D eigenvalue weighted by Crippen LogP contribution is -1.94. The van der Waals surface area contributed by atoms with Crippen LogP contribution in [0.3, 0.4) is 0 Å². The van der Waals surface area contributed by atoms with Crippen molar-refractivity contribution in [1.29, 1.82) is 0 Å². The molecule has 0 saturated carbocycles. The second kappa shape index (κ2) is 6.77. The quantitative estimate of drug-likeness (QED) is 0.686. The summed E-state index contributed by atoms with van der Waals surface area (Å²) in [6.45, 7) is 2.08. The summed E-state index contributed by atoms with van der Waals surface area (Å²) in [6, 6.07) is 5.33. The highest BCUT2D eigenvalue weighted by molar-refractivity contribution is 9.10. The molecule has 0 bridgehead atoms. The highest BCUT2D eigenvalue weighted by atomic mass is 79.9. The Morgan fingerprint density at radius 2 is 2.35 bits per heavy atom. The van der Waals surface area contributed by atoms with E-state index in [-0.39, 0.29) is 0 Å². The molecule has 0 atom stereocenters. The van der Waals surface area contributed by atoms with E-state index in [1.165, 1.54) is 6.08 Å². The minimum Gasteiger partial charge on any atom is -0.480 e. The average Bonchev–Trinajstić information content (AvgIpc) is 2.29. The SMILES string of the molecule is CC#CCOc1ccc(C=CC(=O)O)cc1Br. The van der Waals surface area contributed by atoms with Gasteiger partial charge in [0.2, 0.25) is 0 Å². The van der Waals surface area contributed by atoms with Gasteiger partial charge in [0.25, 0.3) is 0 Å². The van der Waals surface area contributed by atoms with E-state index in [1.54, 1.807) is 25.1 Å². The van der Waals surface area contributed by atoms with Gasteiger partial charge in [-0.3, -0.25) is 0 Å². The Morgan fingerprint density at radius 1 is 1.59 bits per heavy atom. The maximum absolute atomic E-state index is 10.4. The molecule has 0 heterocycles. The van der Waals surface area contributed by atoms with Crippen molar-refractivity contribution in [3.8, 4) is 17.6 Å². The largest absolute Gasteiger partial charge is 0.480 e. The van der Waals surface area contributed by atoms with Crippen molar-refractivity contribution in [2.24, 2.45) is 0 Å². The molecule has 0 radical (unpaired) electrons. The fraction of sp³-hybridized carbons (Fsp3) is 0.154. The van der Waals surface area contributed by atoms with Gasteiger partial charge in [0, 0.05) is 6.08 Å². The molecule has 1 aromatic carbocycles. The normalized spacial score (nSPS) is 9.76. The third kappa shape index (κ3) is 4.75. The van der Waals surface area contributed by atoms with Crippen LogP contribution in [0.5, 0.6) is 5.75 Å². The van der Waals surface area contributed by atoms with Crippen LogP contribution in [0.2, 0.25) is 0 Å². The highest BCUT2D eigenvalue weighted by Crippen LogP contribution is 2.26. The Bertz CT molecular complexity index is 495. The van der Waals surface area contributed by atoms with E-state index >= 15 is 0 Å². The standard InChI is InChI=1S/C13H11BrO3/c1-2-3-8-17-12-6-4-10(9-11(12)14)5-7-13(15)16/h4-7,9H,8H2,1H3,(H,15,16). The zero-order chi connectivity index (χ0) is 12.7. The van der Waals surface area contributed by atoms with Crippen LogP contribution < -0.4 is 4.74 Å². The number of carboxylic acid groups (broad SMARTS) is 1. The summed E-state index contributed by atoms with van der Waals surface area (Å²) in [4.78, 5) is 10.4. The van der Waals surface area contributed by atoms with Crippen molar-refractivity contribution < 1.29 is 14.6 Å². The summed E-state index contributed by atoms with van der Waals surface area (Å²) < 4.78 is 6.16. The summed E-state index contributed by atoms with van der Waals surface area (Å²) in [7, 11) is 0. The molecular formula is C13H11BrO3. The van der Waals surface area contributed by atoms with E-state index in [0.29, 0.717) is 12.4 Å². The van der Waals surface area contributed by atoms with Gasteiger partial charge in [-0.15, -0.1) is 5.92 Å². The lowest BCUT2D eigenvalue weighted by Gasteiger charge is -2.05. The fourth-order valence-corrected chi connectivity index (χ4v) is 1.60. The number of hydrogen-bond acceptors (Lipinski definition) is 2. The van der Waals surface area contributed by atoms with Gasteiger partial charge in [-0.25, -0.2) is 4.79 Å². The van der Waals surface area contributed by atoms with Gasteiger partial charge in [-0.2, -0.15) is 0 Å². The molecule has 0 aliphatic rings. The van der Waals surface area contributed by atoms with E-state index in [1.807, 2.05) is 0 Å². The van der Waals surface area contributed by atoms with E-state index in [4.69, 9.17) is 9.84 Å². The molecule has 0 amide bonds. The molecule has 1 N–H and O–H groups in total. The Labute approximate surface area is 108 Å². The number of ether oxygens (including phenoxy) is 1. The van der Waals surface area contributed by atoms with Gasteiger partial charge >= 0.3 is 5.97 Å². The summed E-state index contributed by atoms with van der Waals surface area (Å²) in [5.41, 5.74) is 0.785. The smallest absolute Gasteiger partial charge is 0.328 e. The first-order valence-electron chi connectivity index (χ1n) is 4.86. The van der Waals surface area contributed by atoms with E-state index in [0.717, 1.165) is 16.1 Å². The maximum atomic E-state index is 10.4. The van der Waals surface area contributed by atoms with Crippen molar-refractivity contribution in [2.45, 2.75) is 6.92 Å². The van der Waals surface area contributed by atoms with Gasteiger partial charge < -0.3 is 9.84 Å². The summed E-state index contributed by atoms with van der Waals surface area (Å²) in [6.07, 6.45) is 2.60. The zero-order valence-corrected chi connectivity index (χ0v) is 10.8. The average molecular weight is 295 g/mol. The summed E-state index contributed by atoms with van der Waals surface area (Å²) in [5, 5.41) is 8.50. The van der Waals surface area contributed by atoms with Crippen molar-refractivity contribution in [1.82, 2.24) is 0 Å². The third-order valence-corrected chi connectivity index (χ3v) is 2.47. The Hall–Kier alpha value is -1.73. The molecule has 1 aromatic rings. The number of hydrogen-bond donors (Lipinski definition) is 1. The minimum atomic E-state index is -0.973. The van der Waals surface area contributed by atoms with E-state index in [9.17, 15) is 4.79 Å². The van der Waals surface area contributed by atoms with Gasteiger partial charge in [-0.05, 0) is 46.6 Å². The van der Waals surface area contributed by atoms with Crippen molar-refractivity contribution >= 4 is 28.0 Å². The molecular weight excluding hydrogens is 284 g/mol. The molecule has 0 aliphatic carbocycles. The molecule has 4 heteroatoms. The number of benzene rings is 1. The van der Waals surface area contributed by atoms with Crippen LogP contribution in [0.15, 0.2) is 28.7 Å². The first-order chi connectivity index (χ1) is 8.13. The van der Waals surface area contributed by atoms with E-state index < -0.39 is 5.97 Å². The topological polar surface area (TPSA) is 46.5 Å². The predicted molar refractivity (Wildman–Crippen MR) is 69.8 cm³/mol. The highest BCUT2D eigenvalue weighted by Gasteiger charge is 2.00. The molecule has 0 spiro atoms. The first kappa shape index (κ1) is 13.3. The molecule has 0 saturated heterocycles. The fourth-order valence-electron chi connectivity index (χ4n) is 1.09. The molecule has 0 aromatic heterocycles. The number of halogens is 1. The molecule has 0 unspecified atom stereocenters. The van der Waals surface area contributed by atoms with Gasteiger partial charge in [0.05, 0.1) is 4.47 Å². The molecule has 0 aliphatic heterocycles. The first-order valence-corrected chi connectivity index (χ1v) is 5.65. The minimum absolute atomic E-state index is 0.333. The number of carbonyl (C=O) groups is 1. The second-order valence-corrected chi connectivity index (χ2v) is 3.93. The van der Waals surface area contributed by atoms with Gasteiger partial charge in [-0.1, -0.05) is 12.0 Å². The van der Waals surface area contributed by atoms with Gasteiger partial charge in [0.15, 0.2) is 0 Å². The van der Waals surface area contributed by atoms with Crippen LogP contribution in [0.1, 0.15) is 12.5 Å². The Balaban J connectivity index is 2.77. The Kier molecular flexibility index (Phi) is 5.31. The molecule has 0 fully saturated rings. The molecule has 17 heavy (non-hydrogen) atoms. The van der Waals surface area contributed by atoms with Crippen LogP contribution in [0.25, 0.3) is 6.08 Å². The van der Waals surface area contributed by atoms with E-state index in [2.05, 4.69) is 27.8 Å². The second-order valence-electron chi connectivity index (χ2n) is 3.08. The Morgan fingerprint density at radius 3 is 2.94 bits per heavy atom. The summed E-state index contributed by atoms with van der Waals surface area (Å²) in [5.74, 6) is 5.24. The number of carboxylic acids is 1. The lowest BCUT2D eigenvalue weighted by molar-refractivity contribution is -0.131. The van der Waals surface area contributed by atoms with Crippen molar-refractivity contribution in [3.63, 3.8) is 0 Å². The van der Waals surface area contributed by atoms with Crippen molar-refractivity contribution in [3.05, 3.63) is 34.3 Å². The molecule has 1 rings (SSSR count). The number of rotatable bonds is 4. The van der Waals surface area contributed by atoms with Crippen LogP contribution >= 0.6 is 15.9 Å². The zero-order valence-electron chi connectivity index (χ0n) is 9.24. The molecule has 3 nitrogen and oxygen atoms in total. The molecule has 88 valence electrons. The lowest BCUT2D eigenvalue weighted by atomic mass is 10.2. The maximum Gasteiger partial charge on any atom is 0.328 e. The van der Waals surface area contributed by atoms with Crippen LogP contribution in [-0.2, 0) is 4.79 Å². The third-order valence-electron chi connectivity index (χ3n) is 1.85. The summed E-state index contributed by atoms with van der Waals surface area (Å²) >= 11 is 3.35. The predicted octanol–water partition coefficient (Wildman–Crippen LogP) is 2.95. The van der Waals surface area contributed by atoms with Gasteiger partial charge in [0.1, 0.15) is 12.4 Å². The number of aliphatic carboxylic acids is 1.